The number of aliphatic hydroxyl groups excluding tert-OH is 1. The maximum absolute atomic E-state index is 12.4. The van der Waals surface area contributed by atoms with Gasteiger partial charge in [0.2, 0.25) is 5.91 Å². The van der Waals surface area contributed by atoms with Crippen LogP contribution in [0.1, 0.15) is 142 Å². The molecule has 6 nitrogen and oxygen atoms in total. The summed E-state index contributed by atoms with van der Waals surface area (Å²) >= 11 is 0. The van der Waals surface area contributed by atoms with Gasteiger partial charge in [-0.2, -0.15) is 8.42 Å². The molecule has 3 N–H and O–H groups in total. The van der Waals surface area contributed by atoms with Gasteiger partial charge in [0.25, 0.3) is 10.1 Å². The molecule has 39 heavy (non-hydrogen) atoms. The van der Waals surface area contributed by atoms with E-state index in [1.807, 2.05) is 13.0 Å². The number of hydrogen-bond acceptors (Lipinski definition) is 4. The molecular formula is C32H59NO5S. The van der Waals surface area contributed by atoms with Crippen LogP contribution in [0, 0.1) is 0 Å². The van der Waals surface area contributed by atoms with Crippen molar-refractivity contribution in [2.24, 2.45) is 0 Å². The Bertz CT molecular complexity index is 761. The number of carbonyl (C=O) groups excluding carboxylic acids is 1. The van der Waals surface area contributed by atoms with E-state index in [4.69, 9.17) is 0 Å². The summed E-state index contributed by atoms with van der Waals surface area (Å²) in [7, 11) is -4.34. The molecule has 0 rings (SSSR count). The number of unbranched alkanes of at least 4 members (excludes halogenated alkanes) is 16. The van der Waals surface area contributed by atoms with Crippen molar-refractivity contribution in [3.8, 4) is 0 Å². The van der Waals surface area contributed by atoms with Crippen molar-refractivity contribution in [2.75, 3.05) is 5.75 Å². The molecule has 0 bridgehead atoms. The minimum absolute atomic E-state index is 0.286. The number of hydrogen-bond donors (Lipinski definition) is 3. The van der Waals surface area contributed by atoms with Crippen molar-refractivity contribution < 1.29 is 22.9 Å². The van der Waals surface area contributed by atoms with E-state index in [1.54, 1.807) is 6.08 Å². The second-order valence-corrected chi connectivity index (χ2v) is 12.2. The zero-order valence-corrected chi connectivity index (χ0v) is 25.8. The quantitative estimate of drug-likeness (QED) is 0.0525. The first-order valence-electron chi connectivity index (χ1n) is 15.7. The highest BCUT2D eigenvalue weighted by Crippen LogP contribution is 2.14. The topological polar surface area (TPSA) is 104 Å². The Labute approximate surface area is 240 Å². The second-order valence-electron chi connectivity index (χ2n) is 10.7. The highest BCUT2D eigenvalue weighted by Gasteiger charge is 2.24. The highest BCUT2D eigenvalue weighted by molar-refractivity contribution is 7.85. The summed E-state index contributed by atoms with van der Waals surface area (Å²) < 4.78 is 32.1. The number of rotatable bonds is 27. The number of allylic oxidation sites excluding steroid dienone is 5. The molecule has 0 saturated heterocycles. The van der Waals surface area contributed by atoms with Crippen LogP contribution < -0.4 is 5.32 Å². The van der Waals surface area contributed by atoms with E-state index in [-0.39, 0.29) is 12.3 Å². The molecule has 2 unspecified atom stereocenters. The fourth-order valence-electron chi connectivity index (χ4n) is 4.55. The Morgan fingerprint density at radius 2 is 1.15 bits per heavy atom. The fourth-order valence-corrected chi connectivity index (χ4v) is 5.28. The second kappa shape index (κ2) is 26.8. The molecule has 0 spiro atoms. The van der Waals surface area contributed by atoms with Gasteiger partial charge in [-0.1, -0.05) is 133 Å². The lowest BCUT2D eigenvalue weighted by Gasteiger charge is -2.21. The first kappa shape index (κ1) is 37.6. The molecule has 228 valence electrons. The van der Waals surface area contributed by atoms with Gasteiger partial charge in [-0.3, -0.25) is 9.35 Å². The third-order valence-corrected chi connectivity index (χ3v) is 7.67. The van der Waals surface area contributed by atoms with Crippen molar-refractivity contribution >= 4 is 16.0 Å². The Morgan fingerprint density at radius 1 is 0.718 bits per heavy atom. The Hall–Kier alpha value is -1.44. The predicted octanol–water partition coefficient (Wildman–Crippen LogP) is 8.23. The van der Waals surface area contributed by atoms with Crippen molar-refractivity contribution in [1.82, 2.24) is 5.32 Å². The molecule has 0 aliphatic heterocycles. The summed E-state index contributed by atoms with van der Waals surface area (Å²) in [6.07, 6.45) is 32.9. The van der Waals surface area contributed by atoms with Crippen molar-refractivity contribution in [3.63, 3.8) is 0 Å². The number of amides is 1. The molecule has 0 radical (unpaired) electrons. The van der Waals surface area contributed by atoms with E-state index >= 15 is 0 Å². The van der Waals surface area contributed by atoms with Crippen LogP contribution in [0.2, 0.25) is 0 Å². The summed E-state index contributed by atoms with van der Waals surface area (Å²) in [5.41, 5.74) is 0. The average Bonchev–Trinajstić information content (AvgIpc) is 2.88. The SMILES string of the molecule is C/C=C/CC/C=C/CC/C=C/C(O)C(CS(=O)(=O)O)NC(=O)CCCCCCCCCCCCCCCCC. The maximum atomic E-state index is 12.4. The normalized spacial score (nSPS) is 14.1. The van der Waals surface area contributed by atoms with Gasteiger partial charge < -0.3 is 10.4 Å². The van der Waals surface area contributed by atoms with E-state index < -0.39 is 28.0 Å². The van der Waals surface area contributed by atoms with E-state index in [1.165, 1.54) is 83.1 Å². The molecule has 1 amide bonds. The first-order valence-corrected chi connectivity index (χ1v) is 17.3. The summed E-state index contributed by atoms with van der Waals surface area (Å²) in [6, 6.07) is -1.07. The largest absolute Gasteiger partial charge is 0.387 e. The van der Waals surface area contributed by atoms with Crippen LogP contribution in [0.4, 0.5) is 0 Å². The van der Waals surface area contributed by atoms with Crippen LogP contribution >= 0.6 is 0 Å². The fraction of sp³-hybridized carbons (Fsp3) is 0.781. The molecule has 0 heterocycles. The minimum atomic E-state index is -4.34. The minimum Gasteiger partial charge on any atom is -0.387 e. The molecular weight excluding hydrogens is 510 g/mol. The summed E-state index contributed by atoms with van der Waals surface area (Å²) in [5.74, 6) is -1.01. The van der Waals surface area contributed by atoms with Gasteiger partial charge in [-0.25, -0.2) is 0 Å². The third kappa shape index (κ3) is 27.9. The summed E-state index contributed by atoms with van der Waals surface area (Å²) in [5, 5.41) is 13.0. The molecule has 0 aromatic heterocycles. The van der Waals surface area contributed by atoms with Crippen LogP contribution in [0.5, 0.6) is 0 Å². The van der Waals surface area contributed by atoms with Crippen LogP contribution in [0.25, 0.3) is 0 Å². The van der Waals surface area contributed by atoms with E-state index in [9.17, 15) is 22.9 Å². The Kier molecular flexibility index (Phi) is 25.8. The highest BCUT2D eigenvalue weighted by atomic mass is 32.2. The zero-order chi connectivity index (χ0) is 29.0. The van der Waals surface area contributed by atoms with Crippen molar-refractivity contribution in [2.45, 2.75) is 154 Å². The molecule has 0 aromatic rings. The van der Waals surface area contributed by atoms with Crippen molar-refractivity contribution in [1.29, 1.82) is 0 Å². The average molecular weight is 570 g/mol. The van der Waals surface area contributed by atoms with Gasteiger partial charge in [-0.05, 0) is 39.0 Å². The van der Waals surface area contributed by atoms with Gasteiger partial charge >= 0.3 is 0 Å². The lowest BCUT2D eigenvalue weighted by Crippen LogP contribution is -2.46. The number of nitrogens with one attached hydrogen (secondary N) is 1. The standard InChI is InChI=1S/C32H59NO5S/c1-3-5-7-9-11-13-14-15-16-17-18-20-22-24-26-28-32(35)33-30(29-39(36,37)38)31(34)27-25-23-21-19-12-10-8-6-4-2/h4,6,12,19,25,27,30-31,34H,3,5,7-11,13-18,20-24,26,28-29H2,1-2H3,(H,33,35)(H,36,37,38)/b6-4+,19-12+,27-25+. The molecule has 0 fully saturated rings. The lowest BCUT2D eigenvalue weighted by molar-refractivity contribution is -0.122. The van der Waals surface area contributed by atoms with Gasteiger partial charge in [0, 0.05) is 6.42 Å². The van der Waals surface area contributed by atoms with E-state index in [2.05, 4.69) is 30.5 Å². The zero-order valence-electron chi connectivity index (χ0n) is 25.0. The monoisotopic (exact) mass is 569 g/mol. The first-order chi connectivity index (χ1) is 18.8. The van der Waals surface area contributed by atoms with E-state index in [0.717, 1.165) is 38.5 Å². The lowest BCUT2D eigenvalue weighted by atomic mass is 10.0. The van der Waals surface area contributed by atoms with Gasteiger partial charge in [0.05, 0.1) is 17.9 Å². The number of aliphatic hydroxyl groups is 1. The molecule has 0 aliphatic carbocycles. The predicted molar refractivity (Wildman–Crippen MR) is 165 cm³/mol. The van der Waals surface area contributed by atoms with Crippen molar-refractivity contribution in [3.05, 3.63) is 36.5 Å². The molecule has 0 aromatic carbocycles. The summed E-state index contributed by atoms with van der Waals surface area (Å²) in [4.78, 5) is 12.4. The van der Waals surface area contributed by atoms with Gasteiger partial charge in [0.15, 0.2) is 0 Å². The summed E-state index contributed by atoms with van der Waals surface area (Å²) in [6.45, 7) is 4.25. The van der Waals surface area contributed by atoms with E-state index in [0.29, 0.717) is 6.42 Å². The smallest absolute Gasteiger partial charge is 0.267 e. The Balaban J connectivity index is 4.04. The van der Waals surface area contributed by atoms with Crippen LogP contribution in [0.15, 0.2) is 36.5 Å². The third-order valence-electron chi connectivity index (χ3n) is 6.89. The Morgan fingerprint density at radius 3 is 1.62 bits per heavy atom. The van der Waals surface area contributed by atoms with Gasteiger partial charge in [0.1, 0.15) is 0 Å². The molecule has 0 aliphatic rings. The van der Waals surface area contributed by atoms with Gasteiger partial charge in [-0.15, -0.1) is 0 Å². The van der Waals surface area contributed by atoms with Crippen LogP contribution in [0.3, 0.4) is 0 Å². The maximum Gasteiger partial charge on any atom is 0.267 e. The molecule has 2 atom stereocenters. The molecule has 7 heteroatoms. The van der Waals surface area contributed by atoms with Crippen LogP contribution in [-0.2, 0) is 14.9 Å². The number of carbonyl (C=O) groups is 1. The van der Waals surface area contributed by atoms with Crippen LogP contribution in [-0.4, -0.2) is 41.9 Å². The molecule has 0 saturated carbocycles.